The molecule has 1 aliphatic rings. The number of carbonyl (C=O) groups excluding carboxylic acids is 1. The third-order valence-corrected chi connectivity index (χ3v) is 6.46. The monoisotopic (exact) mass is 510 g/mol. The molecular weight excluding hydrogens is 484 g/mol. The predicted octanol–water partition coefficient (Wildman–Crippen LogP) is 3.94. The summed E-state index contributed by atoms with van der Waals surface area (Å²) in [5.41, 5.74) is 8.51. The zero-order valence-electron chi connectivity index (χ0n) is 20.5. The molecular formula is C27H27ClN2O6. The Hall–Kier alpha value is -3.91. The largest absolute Gasteiger partial charge is 0.493 e. The lowest BCUT2D eigenvalue weighted by molar-refractivity contribution is -0.136. The van der Waals surface area contributed by atoms with Crippen molar-refractivity contribution in [3.63, 3.8) is 0 Å². The first-order valence-corrected chi connectivity index (χ1v) is 11.6. The second-order valence-corrected chi connectivity index (χ2v) is 8.76. The fourth-order valence-corrected chi connectivity index (χ4v) is 4.67. The number of methoxy groups -OCH3 is 3. The van der Waals surface area contributed by atoms with Gasteiger partial charge in [0.15, 0.2) is 11.5 Å². The van der Waals surface area contributed by atoms with Crippen LogP contribution in [0.4, 0.5) is 0 Å². The van der Waals surface area contributed by atoms with E-state index >= 15 is 0 Å². The molecule has 1 atom stereocenters. The summed E-state index contributed by atoms with van der Waals surface area (Å²) in [6, 6.07) is 14.3. The van der Waals surface area contributed by atoms with E-state index in [0.717, 1.165) is 5.56 Å². The predicted molar refractivity (Wildman–Crippen MR) is 136 cm³/mol. The molecule has 0 bridgehead atoms. The fourth-order valence-electron chi connectivity index (χ4n) is 4.47. The lowest BCUT2D eigenvalue weighted by atomic mass is 9.83. The van der Waals surface area contributed by atoms with E-state index in [1.807, 2.05) is 25.1 Å². The third-order valence-electron chi connectivity index (χ3n) is 6.23. The number of halogens is 1. The van der Waals surface area contributed by atoms with E-state index in [2.05, 4.69) is 0 Å². The van der Waals surface area contributed by atoms with E-state index in [4.69, 9.17) is 36.3 Å². The summed E-state index contributed by atoms with van der Waals surface area (Å²) in [6.07, 6.45) is 0.560. The number of benzene rings is 2. The molecule has 9 heteroatoms. The molecule has 1 unspecified atom stereocenters. The molecule has 4 rings (SSSR count). The number of fused-ring (bicyclic) bond motifs is 1. The number of esters is 1. The Balaban J connectivity index is 1.80. The van der Waals surface area contributed by atoms with Gasteiger partial charge >= 0.3 is 5.97 Å². The van der Waals surface area contributed by atoms with Gasteiger partial charge in [0.2, 0.25) is 5.88 Å². The molecule has 8 nitrogen and oxygen atoms in total. The van der Waals surface area contributed by atoms with E-state index in [1.165, 1.54) is 7.11 Å². The van der Waals surface area contributed by atoms with Crippen molar-refractivity contribution in [3.05, 3.63) is 97.7 Å². The van der Waals surface area contributed by atoms with Crippen molar-refractivity contribution < 1.29 is 23.7 Å². The Labute approximate surface area is 213 Å². The summed E-state index contributed by atoms with van der Waals surface area (Å²) in [5.74, 6) is -0.0524. The number of nitrogens with zero attached hydrogens (tertiary/aromatic N) is 1. The number of aryl methyl sites for hydroxylation is 2. The number of pyridine rings is 1. The summed E-state index contributed by atoms with van der Waals surface area (Å²) < 4.78 is 23.1. The highest BCUT2D eigenvalue weighted by Gasteiger charge is 2.38. The van der Waals surface area contributed by atoms with Gasteiger partial charge in [0.25, 0.3) is 5.56 Å². The fraction of sp³-hybridized carbons (Fsp3) is 0.259. The Kier molecular flexibility index (Phi) is 7.26. The highest BCUT2D eigenvalue weighted by Crippen LogP contribution is 2.41. The number of rotatable bonds is 7. The van der Waals surface area contributed by atoms with Gasteiger partial charge in [-0.3, -0.25) is 4.79 Å². The number of hydrogen-bond donors (Lipinski definition) is 1. The van der Waals surface area contributed by atoms with E-state index in [1.54, 1.807) is 49.1 Å². The van der Waals surface area contributed by atoms with Crippen molar-refractivity contribution in [1.29, 1.82) is 0 Å². The lowest BCUT2D eigenvalue weighted by Gasteiger charge is -2.29. The van der Waals surface area contributed by atoms with Crippen LogP contribution in [-0.4, -0.2) is 31.9 Å². The second kappa shape index (κ2) is 10.4. The molecule has 1 aromatic heterocycles. The number of aromatic nitrogens is 1. The van der Waals surface area contributed by atoms with Gasteiger partial charge in [0, 0.05) is 23.3 Å². The molecule has 188 valence electrons. The second-order valence-electron chi connectivity index (χ2n) is 8.32. The highest BCUT2D eigenvalue weighted by atomic mass is 35.5. The molecule has 0 amide bonds. The molecule has 1 aliphatic heterocycles. The van der Waals surface area contributed by atoms with Gasteiger partial charge in [-0.25, -0.2) is 4.79 Å². The molecule has 0 aliphatic carbocycles. The minimum Gasteiger partial charge on any atom is -0.493 e. The number of nitrogens with two attached hydrogens (primary N) is 1. The zero-order valence-corrected chi connectivity index (χ0v) is 21.2. The van der Waals surface area contributed by atoms with Crippen LogP contribution in [-0.2, 0) is 22.5 Å². The average molecular weight is 511 g/mol. The SMILES string of the molecule is COC(=O)C1=C(N)Oc2cc(C)n(CCc3ccc(OC)c(OC)c3)c(=O)c2C1c1cccc(Cl)c1. The molecule has 0 saturated carbocycles. The molecule has 0 radical (unpaired) electrons. The van der Waals surface area contributed by atoms with E-state index in [9.17, 15) is 9.59 Å². The van der Waals surface area contributed by atoms with Crippen molar-refractivity contribution >= 4 is 17.6 Å². The summed E-state index contributed by atoms with van der Waals surface area (Å²) in [6.45, 7) is 2.21. The van der Waals surface area contributed by atoms with Crippen LogP contribution in [0.1, 0.15) is 28.3 Å². The normalized spacial score (nSPS) is 14.6. The Morgan fingerprint density at radius 2 is 1.83 bits per heavy atom. The van der Waals surface area contributed by atoms with E-state index in [-0.39, 0.29) is 17.0 Å². The van der Waals surface area contributed by atoms with Crippen LogP contribution in [0.15, 0.2) is 64.8 Å². The first-order valence-electron chi connectivity index (χ1n) is 11.3. The maximum Gasteiger partial charge on any atom is 0.340 e. The van der Waals surface area contributed by atoms with Crippen molar-refractivity contribution in [2.75, 3.05) is 21.3 Å². The maximum absolute atomic E-state index is 13.9. The number of hydrogen-bond acceptors (Lipinski definition) is 7. The van der Waals surface area contributed by atoms with Crippen LogP contribution in [0.25, 0.3) is 0 Å². The Bertz CT molecular complexity index is 1410. The molecule has 2 aromatic carbocycles. The maximum atomic E-state index is 13.9. The number of ether oxygens (including phenoxy) is 4. The summed E-state index contributed by atoms with van der Waals surface area (Å²) in [4.78, 5) is 26.6. The summed E-state index contributed by atoms with van der Waals surface area (Å²) in [5, 5.41) is 0.462. The molecule has 36 heavy (non-hydrogen) atoms. The van der Waals surface area contributed by atoms with Crippen molar-refractivity contribution in [1.82, 2.24) is 4.57 Å². The minimum atomic E-state index is -0.805. The summed E-state index contributed by atoms with van der Waals surface area (Å²) >= 11 is 6.25. The van der Waals surface area contributed by atoms with Crippen LogP contribution in [0.2, 0.25) is 5.02 Å². The molecule has 2 N–H and O–H groups in total. The standard InChI is InChI=1S/C27H27ClN2O6/c1-15-12-21-23(26(31)30(15)11-10-16-8-9-19(33-2)20(13-16)34-3)22(17-6-5-7-18(28)14-17)24(25(29)36-21)27(32)35-4/h5-9,12-14,22H,10-11,29H2,1-4H3. The quantitative estimate of drug-likeness (QED) is 0.480. The summed E-state index contributed by atoms with van der Waals surface area (Å²) in [7, 11) is 4.41. The smallest absolute Gasteiger partial charge is 0.340 e. The van der Waals surface area contributed by atoms with Crippen LogP contribution in [0.5, 0.6) is 17.2 Å². The van der Waals surface area contributed by atoms with Crippen LogP contribution >= 0.6 is 11.6 Å². The van der Waals surface area contributed by atoms with Crippen molar-refractivity contribution in [3.8, 4) is 17.2 Å². The minimum absolute atomic E-state index is 0.0552. The molecule has 0 spiro atoms. The molecule has 3 aromatic rings. The first kappa shape index (κ1) is 25.2. The van der Waals surface area contributed by atoms with Gasteiger partial charge in [-0.15, -0.1) is 0 Å². The van der Waals surface area contributed by atoms with Gasteiger partial charge in [-0.2, -0.15) is 0 Å². The molecule has 2 heterocycles. The van der Waals surface area contributed by atoms with E-state index in [0.29, 0.717) is 52.1 Å². The van der Waals surface area contributed by atoms with Crippen LogP contribution < -0.4 is 25.5 Å². The highest BCUT2D eigenvalue weighted by molar-refractivity contribution is 6.30. The molecule has 0 fully saturated rings. The van der Waals surface area contributed by atoms with Crippen molar-refractivity contribution in [2.45, 2.75) is 25.8 Å². The average Bonchev–Trinajstić information content (AvgIpc) is 2.87. The van der Waals surface area contributed by atoms with Gasteiger partial charge in [-0.05, 0) is 48.7 Å². The first-order chi connectivity index (χ1) is 17.3. The van der Waals surface area contributed by atoms with E-state index < -0.39 is 11.9 Å². The third kappa shape index (κ3) is 4.64. The van der Waals surface area contributed by atoms with Gasteiger partial charge in [0.05, 0.1) is 32.8 Å². The Morgan fingerprint density at radius 3 is 2.50 bits per heavy atom. The Morgan fingerprint density at radius 1 is 1.08 bits per heavy atom. The topological polar surface area (TPSA) is 102 Å². The van der Waals surface area contributed by atoms with Crippen LogP contribution in [0.3, 0.4) is 0 Å². The lowest BCUT2D eigenvalue weighted by Crippen LogP contribution is -2.35. The van der Waals surface area contributed by atoms with Crippen molar-refractivity contribution in [2.24, 2.45) is 5.73 Å². The van der Waals surface area contributed by atoms with Crippen LogP contribution in [0, 0.1) is 6.92 Å². The molecule has 0 saturated heterocycles. The zero-order chi connectivity index (χ0) is 26.0. The number of carbonyl (C=O) groups is 1. The van der Waals surface area contributed by atoms with Gasteiger partial charge in [-0.1, -0.05) is 29.8 Å². The van der Waals surface area contributed by atoms with Gasteiger partial charge < -0.3 is 29.2 Å². The van der Waals surface area contributed by atoms with Gasteiger partial charge in [0.1, 0.15) is 11.3 Å².